The van der Waals surface area contributed by atoms with Crippen LogP contribution in [-0.2, 0) is 9.59 Å². The number of benzene rings is 1. The van der Waals surface area contributed by atoms with Crippen LogP contribution in [0.1, 0.15) is 56.1 Å². The maximum Gasteiger partial charge on any atom is 0.234 e. The molecule has 0 radical (unpaired) electrons. The van der Waals surface area contributed by atoms with Gasteiger partial charge in [-0.05, 0) is 42.2 Å². The van der Waals surface area contributed by atoms with E-state index in [4.69, 9.17) is 0 Å². The molecular weight excluding hydrogens is 262 g/mol. The van der Waals surface area contributed by atoms with Crippen molar-refractivity contribution in [3.8, 4) is 0 Å². The summed E-state index contributed by atoms with van der Waals surface area (Å²) >= 11 is 0. The van der Waals surface area contributed by atoms with Gasteiger partial charge in [-0.25, -0.2) is 0 Å². The second kappa shape index (κ2) is 5.28. The van der Waals surface area contributed by atoms with Crippen molar-refractivity contribution in [3.63, 3.8) is 0 Å². The molecule has 1 saturated heterocycles. The molecule has 1 saturated carbocycles. The van der Waals surface area contributed by atoms with E-state index < -0.39 is 0 Å². The molecule has 1 aromatic carbocycles. The van der Waals surface area contributed by atoms with E-state index >= 15 is 0 Å². The van der Waals surface area contributed by atoms with Crippen molar-refractivity contribution in [2.45, 2.75) is 51.9 Å². The summed E-state index contributed by atoms with van der Waals surface area (Å²) in [5, 5.41) is 2.56. The number of carbonyl (C=O) groups is 2. The van der Waals surface area contributed by atoms with Gasteiger partial charge in [-0.3, -0.25) is 14.9 Å². The first-order valence-electron chi connectivity index (χ1n) is 7.91. The van der Waals surface area contributed by atoms with E-state index in [2.05, 4.69) is 31.3 Å². The zero-order valence-electron chi connectivity index (χ0n) is 12.8. The van der Waals surface area contributed by atoms with Crippen molar-refractivity contribution in [3.05, 3.63) is 35.4 Å². The molecule has 3 unspecified atom stereocenters. The normalized spacial score (nSPS) is 33.0. The molecule has 3 atom stereocenters. The summed E-state index contributed by atoms with van der Waals surface area (Å²) in [4.78, 5) is 24.6. The van der Waals surface area contributed by atoms with E-state index in [1.54, 1.807) is 0 Å². The molecule has 2 fully saturated rings. The molecule has 1 N–H and O–H groups in total. The van der Waals surface area contributed by atoms with Gasteiger partial charge in [0, 0.05) is 6.42 Å². The van der Waals surface area contributed by atoms with Gasteiger partial charge < -0.3 is 0 Å². The predicted molar refractivity (Wildman–Crippen MR) is 81.8 cm³/mol. The number of carbonyl (C=O) groups excluding carboxylic acids is 2. The van der Waals surface area contributed by atoms with Gasteiger partial charge in [-0.1, -0.05) is 44.0 Å². The lowest BCUT2D eigenvalue weighted by atomic mass is 9.58. The van der Waals surface area contributed by atoms with E-state index in [1.165, 1.54) is 6.42 Å². The Morgan fingerprint density at radius 3 is 2.71 bits per heavy atom. The lowest BCUT2D eigenvalue weighted by Crippen LogP contribution is -2.52. The van der Waals surface area contributed by atoms with Crippen LogP contribution in [0.2, 0.25) is 0 Å². The number of amides is 2. The monoisotopic (exact) mass is 285 g/mol. The summed E-state index contributed by atoms with van der Waals surface area (Å²) < 4.78 is 0. The van der Waals surface area contributed by atoms with Gasteiger partial charge in [-0.2, -0.15) is 0 Å². The number of nitrogens with one attached hydrogen (secondary N) is 1. The third-order valence-electron chi connectivity index (χ3n) is 5.28. The number of hydrogen-bond acceptors (Lipinski definition) is 2. The summed E-state index contributed by atoms with van der Waals surface area (Å²) in [7, 11) is 0. The molecule has 3 nitrogen and oxygen atoms in total. The Labute approximate surface area is 126 Å². The van der Waals surface area contributed by atoms with Crippen LogP contribution in [0.15, 0.2) is 24.3 Å². The zero-order valence-corrected chi connectivity index (χ0v) is 12.8. The van der Waals surface area contributed by atoms with Crippen molar-refractivity contribution in [1.82, 2.24) is 5.32 Å². The highest BCUT2D eigenvalue weighted by Crippen LogP contribution is 2.53. The Hall–Kier alpha value is -1.64. The Kier molecular flexibility index (Phi) is 3.60. The largest absolute Gasteiger partial charge is 0.296 e. The fourth-order valence-electron chi connectivity index (χ4n) is 4.46. The highest BCUT2D eigenvalue weighted by molar-refractivity contribution is 6.02. The molecule has 1 aliphatic heterocycles. The van der Waals surface area contributed by atoms with Crippen LogP contribution in [0, 0.1) is 18.3 Å². The average Bonchev–Trinajstić information content (AvgIpc) is 2.39. The first-order valence-corrected chi connectivity index (χ1v) is 7.91. The zero-order chi connectivity index (χ0) is 15.0. The van der Waals surface area contributed by atoms with Crippen LogP contribution in [0.5, 0.6) is 0 Å². The molecule has 1 aromatic rings. The van der Waals surface area contributed by atoms with E-state index in [0.29, 0.717) is 12.3 Å². The highest BCUT2D eigenvalue weighted by Gasteiger charge is 2.50. The van der Waals surface area contributed by atoms with Crippen LogP contribution >= 0.6 is 0 Å². The predicted octanol–water partition coefficient (Wildman–Crippen LogP) is 3.32. The van der Waals surface area contributed by atoms with Crippen LogP contribution in [0.4, 0.5) is 0 Å². The Bertz CT molecular complexity index is 580. The second-order valence-corrected chi connectivity index (χ2v) is 6.94. The van der Waals surface area contributed by atoms with Crippen LogP contribution in [0.25, 0.3) is 0 Å². The average molecular weight is 285 g/mol. The molecule has 0 aromatic heterocycles. The fourth-order valence-corrected chi connectivity index (χ4v) is 4.46. The van der Waals surface area contributed by atoms with E-state index in [9.17, 15) is 9.59 Å². The highest BCUT2D eigenvalue weighted by atomic mass is 16.2. The molecule has 3 rings (SSSR count). The molecule has 2 aliphatic rings. The minimum absolute atomic E-state index is 0.0982. The molecule has 2 amide bonds. The molecule has 1 heterocycles. The standard InChI is InChI=1S/C18H23NO2/c1-12-6-5-9-18(10-12)11-15(20)19-17(21)16(18)14-8-4-3-7-13(14)2/h3-4,7-8,12,16H,5-6,9-11H2,1-2H3,(H,19,20,21). The molecule has 0 bridgehead atoms. The van der Waals surface area contributed by atoms with Gasteiger partial charge >= 0.3 is 0 Å². The first-order chi connectivity index (χ1) is 10.0. The van der Waals surface area contributed by atoms with Crippen molar-refractivity contribution in [1.29, 1.82) is 0 Å². The number of piperidine rings is 1. The Balaban J connectivity index is 2.07. The van der Waals surface area contributed by atoms with Crippen molar-refractivity contribution in [2.75, 3.05) is 0 Å². The van der Waals surface area contributed by atoms with E-state index in [0.717, 1.165) is 30.4 Å². The van der Waals surface area contributed by atoms with Gasteiger partial charge in [0.25, 0.3) is 0 Å². The third-order valence-corrected chi connectivity index (χ3v) is 5.28. The van der Waals surface area contributed by atoms with Crippen molar-refractivity contribution in [2.24, 2.45) is 11.3 Å². The Morgan fingerprint density at radius 1 is 1.24 bits per heavy atom. The van der Waals surface area contributed by atoms with Gasteiger partial charge in [0.1, 0.15) is 0 Å². The van der Waals surface area contributed by atoms with Gasteiger partial charge in [0.15, 0.2) is 0 Å². The SMILES string of the molecule is Cc1ccccc1C1C(=O)NC(=O)CC12CCCC(C)C2. The Morgan fingerprint density at radius 2 is 2.00 bits per heavy atom. The number of imide groups is 1. The van der Waals surface area contributed by atoms with Gasteiger partial charge in [-0.15, -0.1) is 0 Å². The molecule has 21 heavy (non-hydrogen) atoms. The third kappa shape index (κ3) is 2.50. The summed E-state index contributed by atoms with van der Waals surface area (Å²) in [5.74, 6) is 0.205. The topological polar surface area (TPSA) is 46.2 Å². The smallest absolute Gasteiger partial charge is 0.234 e. The summed E-state index contributed by atoms with van der Waals surface area (Å²) in [6.07, 6.45) is 4.77. The summed E-state index contributed by atoms with van der Waals surface area (Å²) in [5.41, 5.74) is 2.06. The van der Waals surface area contributed by atoms with Gasteiger partial charge in [0.2, 0.25) is 11.8 Å². The van der Waals surface area contributed by atoms with Gasteiger partial charge in [0.05, 0.1) is 5.92 Å². The van der Waals surface area contributed by atoms with Crippen LogP contribution in [-0.4, -0.2) is 11.8 Å². The summed E-state index contributed by atoms with van der Waals surface area (Å²) in [6, 6.07) is 8.10. The summed E-state index contributed by atoms with van der Waals surface area (Å²) in [6.45, 7) is 4.30. The maximum atomic E-state index is 12.6. The molecule has 3 heteroatoms. The lowest BCUT2D eigenvalue weighted by Gasteiger charge is -2.47. The number of hydrogen-bond donors (Lipinski definition) is 1. The minimum Gasteiger partial charge on any atom is -0.296 e. The van der Waals surface area contributed by atoms with Crippen molar-refractivity contribution < 1.29 is 9.59 Å². The maximum absolute atomic E-state index is 12.6. The number of rotatable bonds is 1. The quantitative estimate of drug-likeness (QED) is 0.805. The lowest BCUT2D eigenvalue weighted by molar-refractivity contribution is -0.142. The van der Waals surface area contributed by atoms with Crippen molar-refractivity contribution >= 4 is 11.8 Å². The fraction of sp³-hybridized carbons (Fsp3) is 0.556. The van der Waals surface area contributed by atoms with E-state index in [-0.39, 0.29) is 23.1 Å². The molecule has 1 aliphatic carbocycles. The van der Waals surface area contributed by atoms with E-state index in [1.807, 2.05) is 12.1 Å². The number of aryl methyl sites for hydroxylation is 1. The minimum atomic E-state index is -0.181. The van der Waals surface area contributed by atoms with Crippen LogP contribution in [0.3, 0.4) is 0 Å². The molecular formula is C18H23NO2. The molecule has 1 spiro atoms. The second-order valence-electron chi connectivity index (χ2n) is 6.94. The van der Waals surface area contributed by atoms with Crippen LogP contribution < -0.4 is 5.32 Å². The molecule has 112 valence electrons. The first kappa shape index (κ1) is 14.3.